The van der Waals surface area contributed by atoms with Crippen molar-refractivity contribution in [2.24, 2.45) is 5.73 Å². The number of halogens is 1. The maximum absolute atomic E-state index is 6.05. The summed E-state index contributed by atoms with van der Waals surface area (Å²) in [7, 11) is 1.64. The monoisotopic (exact) mass is 287 g/mol. The molecule has 1 rings (SSSR count). The third-order valence-corrected chi connectivity index (χ3v) is 2.97. The smallest absolute Gasteiger partial charge is 0.119 e. The molecule has 2 N–H and O–H groups in total. The molecule has 1 unspecified atom stereocenters. The van der Waals surface area contributed by atoms with E-state index in [0.717, 1.165) is 28.8 Å². The first-order valence-corrected chi connectivity index (χ1v) is 6.15. The standard InChI is InChI=1S/C12H18BrNO2/c1-3-6-16-8-12(14)10-7-9(15-2)4-5-11(10)13/h4-5,7,12H,3,6,8,14H2,1-2H3. The first kappa shape index (κ1) is 13.5. The lowest BCUT2D eigenvalue weighted by molar-refractivity contribution is 0.121. The van der Waals surface area contributed by atoms with E-state index < -0.39 is 0 Å². The first-order valence-electron chi connectivity index (χ1n) is 5.35. The Morgan fingerprint density at radius 1 is 1.44 bits per heavy atom. The molecule has 1 aromatic rings. The lowest BCUT2D eigenvalue weighted by atomic mass is 10.1. The topological polar surface area (TPSA) is 44.5 Å². The summed E-state index contributed by atoms with van der Waals surface area (Å²) < 4.78 is 11.6. The molecule has 0 aliphatic carbocycles. The molecule has 0 radical (unpaired) electrons. The van der Waals surface area contributed by atoms with Crippen LogP contribution in [0, 0.1) is 0 Å². The van der Waals surface area contributed by atoms with Crippen molar-refractivity contribution in [3.8, 4) is 5.75 Å². The highest BCUT2D eigenvalue weighted by Gasteiger charge is 2.11. The lowest BCUT2D eigenvalue weighted by Crippen LogP contribution is -2.18. The van der Waals surface area contributed by atoms with Crippen LogP contribution in [0.4, 0.5) is 0 Å². The molecule has 16 heavy (non-hydrogen) atoms. The van der Waals surface area contributed by atoms with Gasteiger partial charge in [0.2, 0.25) is 0 Å². The average molecular weight is 288 g/mol. The van der Waals surface area contributed by atoms with Crippen LogP contribution < -0.4 is 10.5 Å². The van der Waals surface area contributed by atoms with Crippen molar-refractivity contribution < 1.29 is 9.47 Å². The molecular weight excluding hydrogens is 270 g/mol. The number of hydrogen-bond donors (Lipinski definition) is 1. The molecule has 0 aliphatic heterocycles. The van der Waals surface area contributed by atoms with E-state index in [4.69, 9.17) is 15.2 Å². The van der Waals surface area contributed by atoms with Crippen LogP contribution in [0.25, 0.3) is 0 Å². The molecule has 0 bridgehead atoms. The molecule has 1 aromatic carbocycles. The fourth-order valence-corrected chi connectivity index (χ4v) is 1.92. The van der Waals surface area contributed by atoms with Crippen LogP contribution in [0.5, 0.6) is 5.75 Å². The van der Waals surface area contributed by atoms with Crippen LogP contribution in [0.2, 0.25) is 0 Å². The number of nitrogens with two attached hydrogens (primary N) is 1. The minimum absolute atomic E-state index is 0.129. The van der Waals surface area contributed by atoms with E-state index in [-0.39, 0.29) is 6.04 Å². The summed E-state index contributed by atoms with van der Waals surface area (Å²) >= 11 is 3.48. The zero-order valence-electron chi connectivity index (χ0n) is 9.70. The molecular formula is C12H18BrNO2. The number of ether oxygens (including phenoxy) is 2. The Balaban J connectivity index is 2.69. The normalized spacial score (nSPS) is 12.5. The largest absolute Gasteiger partial charge is 0.497 e. The van der Waals surface area contributed by atoms with Gasteiger partial charge in [0.15, 0.2) is 0 Å². The first-order chi connectivity index (χ1) is 7.69. The molecule has 0 aliphatic rings. The van der Waals surface area contributed by atoms with Gasteiger partial charge in [-0.3, -0.25) is 0 Å². The highest BCUT2D eigenvalue weighted by molar-refractivity contribution is 9.10. The van der Waals surface area contributed by atoms with E-state index >= 15 is 0 Å². The molecule has 1 atom stereocenters. The second-order valence-electron chi connectivity index (χ2n) is 3.57. The summed E-state index contributed by atoms with van der Waals surface area (Å²) in [6.07, 6.45) is 1.01. The predicted molar refractivity (Wildman–Crippen MR) is 68.7 cm³/mol. The molecule has 0 amide bonds. The predicted octanol–water partition coefficient (Wildman–Crippen LogP) is 2.88. The molecule has 90 valence electrons. The molecule has 4 heteroatoms. The summed E-state index contributed by atoms with van der Waals surface area (Å²) in [5.41, 5.74) is 7.06. The van der Waals surface area contributed by atoms with E-state index in [9.17, 15) is 0 Å². The second-order valence-corrected chi connectivity index (χ2v) is 4.42. The van der Waals surface area contributed by atoms with Gasteiger partial charge < -0.3 is 15.2 Å². The van der Waals surface area contributed by atoms with E-state index in [0.29, 0.717) is 6.61 Å². The highest BCUT2D eigenvalue weighted by atomic mass is 79.9. The number of hydrogen-bond acceptors (Lipinski definition) is 3. The molecule has 0 aromatic heterocycles. The second kappa shape index (κ2) is 6.89. The summed E-state index contributed by atoms with van der Waals surface area (Å²) in [5, 5.41) is 0. The summed E-state index contributed by atoms with van der Waals surface area (Å²) in [5.74, 6) is 0.809. The van der Waals surface area contributed by atoms with Gasteiger partial charge in [-0.15, -0.1) is 0 Å². The van der Waals surface area contributed by atoms with Crippen molar-refractivity contribution >= 4 is 15.9 Å². The Morgan fingerprint density at radius 2 is 2.19 bits per heavy atom. The van der Waals surface area contributed by atoms with Crippen LogP contribution in [-0.2, 0) is 4.74 Å². The van der Waals surface area contributed by atoms with E-state index in [1.807, 2.05) is 18.2 Å². The summed E-state index contributed by atoms with van der Waals surface area (Å²) in [6.45, 7) is 3.35. The minimum atomic E-state index is -0.129. The molecule has 0 fully saturated rings. The van der Waals surface area contributed by atoms with Gasteiger partial charge in [-0.05, 0) is 30.2 Å². The van der Waals surface area contributed by atoms with Gasteiger partial charge in [0, 0.05) is 11.1 Å². The quantitative estimate of drug-likeness (QED) is 0.819. The third kappa shape index (κ3) is 3.77. The fourth-order valence-electron chi connectivity index (χ4n) is 1.38. The Hall–Kier alpha value is -0.580. The van der Waals surface area contributed by atoms with Crippen molar-refractivity contribution in [2.45, 2.75) is 19.4 Å². The van der Waals surface area contributed by atoms with Gasteiger partial charge in [0.05, 0.1) is 19.8 Å². The minimum Gasteiger partial charge on any atom is -0.497 e. The molecule has 0 saturated carbocycles. The van der Waals surface area contributed by atoms with Gasteiger partial charge in [0.25, 0.3) is 0 Å². The van der Waals surface area contributed by atoms with E-state index in [2.05, 4.69) is 22.9 Å². The molecule has 0 heterocycles. The molecule has 0 saturated heterocycles. The zero-order valence-corrected chi connectivity index (χ0v) is 11.3. The summed E-state index contributed by atoms with van der Waals surface area (Å²) in [4.78, 5) is 0. The zero-order chi connectivity index (χ0) is 12.0. The van der Waals surface area contributed by atoms with Crippen molar-refractivity contribution in [1.29, 1.82) is 0 Å². The Bertz CT molecular complexity index is 331. The van der Waals surface area contributed by atoms with Crippen LogP contribution >= 0.6 is 15.9 Å². The lowest BCUT2D eigenvalue weighted by Gasteiger charge is -2.15. The SMILES string of the molecule is CCCOCC(N)c1cc(OC)ccc1Br. The van der Waals surface area contributed by atoms with Crippen molar-refractivity contribution in [3.63, 3.8) is 0 Å². The maximum Gasteiger partial charge on any atom is 0.119 e. The number of methoxy groups -OCH3 is 1. The Kier molecular flexibility index (Phi) is 5.80. The van der Waals surface area contributed by atoms with Crippen LogP contribution in [-0.4, -0.2) is 20.3 Å². The van der Waals surface area contributed by atoms with Crippen molar-refractivity contribution in [2.75, 3.05) is 20.3 Å². The fraction of sp³-hybridized carbons (Fsp3) is 0.500. The van der Waals surface area contributed by atoms with E-state index in [1.54, 1.807) is 7.11 Å². The summed E-state index contributed by atoms with van der Waals surface area (Å²) in [6, 6.07) is 5.64. The van der Waals surface area contributed by atoms with Gasteiger partial charge in [0.1, 0.15) is 5.75 Å². The number of benzene rings is 1. The van der Waals surface area contributed by atoms with Crippen LogP contribution in [0.3, 0.4) is 0 Å². The third-order valence-electron chi connectivity index (χ3n) is 2.25. The van der Waals surface area contributed by atoms with Crippen LogP contribution in [0.15, 0.2) is 22.7 Å². The van der Waals surface area contributed by atoms with E-state index in [1.165, 1.54) is 0 Å². The van der Waals surface area contributed by atoms with Gasteiger partial charge in [-0.2, -0.15) is 0 Å². The van der Waals surface area contributed by atoms with Crippen molar-refractivity contribution in [3.05, 3.63) is 28.2 Å². The number of rotatable bonds is 6. The van der Waals surface area contributed by atoms with Gasteiger partial charge >= 0.3 is 0 Å². The van der Waals surface area contributed by atoms with Gasteiger partial charge in [-0.1, -0.05) is 22.9 Å². The highest BCUT2D eigenvalue weighted by Crippen LogP contribution is 2.26. The Morgan fingerprint density at radius 3 is 2.81 bits per heavy atom. The van der Waals surface area contributed by atoms with Crippen LogP contribution in [0.1, 0.15) is 24.9 Å². The molecule has 0 spiro atoms. The average Bonchev–Trinajstić information content (AvgIpc) is 2.30. The molecule has 3 nitrogen and oxygen atoms in total. The van der Waals surface area contributed by atoms with Gasteiger partial charge in [-0.25, -0.2) is 0 Å². The maximum atomic E-state index is 6.05. The van der Waals surface area contributed by atoms with Crippen molar-refractivity contribution in [1.82, 2.24) is 0 Å². The Labute approximate surface area is 105 Å².